The largest absolute Gasteiger partial charge is 0.479 e. The number of nitrogens with zero attached hydrogens (tertiary/aromatic N) is 2. The minimum Gasteiger partial charge on any atom is -0.479 e. The van der Waals surface area contributed by atoms with E-state index in [1.807, 2.05) is 13.0 Å². The van der Waals surface area contributed by atoms with E-state index in [2.05, 4.69) is 15.5 Å². The van der Waals surface area contributed by atoms with E-state index in [4.69, 9.17) is 13.7 Å². The van der Waals surface area contributed by atoms with Crippen molar-refractivity contribution in [3.8, 4) is 11.3 Å². The van der Waals surface area contributed by atoms with Crippen LogP contribution in [0.5, 0.6) is 0 Å². The third kappa shape index (κ3) is 2.84. The summed E-state index contributed by atoms with van der Waals surface area (Å²) in [6.45, 7) is 5.50. The van der Waals surface area contributed by atoms with Gasteiger partial charge in [-0.05, 0) is 32.9 Å². The van der Waals surface area contributed by atoms with Crippen LogP contribution in [0.4, 0.5) is 0 Å². The van der Waals surface area contributed by atoms with Gasteiger partial charge in [-0.3, -0.25) is 4.79 Å². The minimum absolute atomic E-state index is 0.0855. The van der Waals surface area contributed by atoms with Crippen LogP contribution in [-0.4, -0.2) is 45.9 Å². The van der Waals surface area contributed by atoms with Gasteiger partial charge in [-0.15, -0.1) is 0 Å². The molecule has 28 heavy (non-hydrogen) atoms. The maximum atomic E-state index is 13.1. The van der Waals surface area contributed by atoms with Gasteiger partial charge in [-0.2, -0.15) is 0 Å². The van der Waals surface area contributed by atoms with Gasteiger partial charge in [0.05, 0.1) is 28.9 Å². The van der Waals surface area contributed by atoms with Crippen LogP contribution in [0.3, 0.4) is 0 Å². The molecule has 9 heteroatoms. The SMILES string of the molecule is Cc1cc(-c2cc(C(=O)NC3(C(=O)O)CCOC3)c3c(C)noc3n2)c(C)o1. The minimum atomic E-state index is -1.46. The molecule has 0 spiro atoms. The standard InChI is InChI=1S/C19H19N3O6/c1-9-6-12(11(3)27-9)14-7-13(15-10(2)22-28-17(15)20-14)16(23)21-19(18(24)25)4-5-26-8-19/h6-7H,4-5,8H2,1-3H3,(H,21,23)(H,24,25). The molecule has 0 aliphatic carbocycles. The van der Waals surface area contributed by atoms with Crippen molar-refractivity contribution in [1.29, 1.82) is 0 Å². The van der Waals surface area contributed by atoms with Crippen molar-refractivity contribution in [2.45, 2.75) is 32.7 Å². The Hall–Kier alpha value is -3.20. The fourth-order valence-electron chi connectivity index (χ4n) is 3.47. The number of aliphatic carboxylic acids is 1. The first-order valence-corrected chi connectivity index (χ1v) is 8.79. The number of amides is 1. The third-order valence-electron chi connectivity index (χ3n) is 4.96. The number of aryl methyl sites for hydroxylation is 3. The van der Waals surface area contributed by atoms with Crippen molar-refractivity contribution in [2.75, 3.05) is 13.2 Å². The molecule has 1 unspecified atom stereocenters. The molecule has 4 heterocycles. The number of ether oxygens (including phenoxy) is 1. The monoisotopic (exact) mass is 385 g/mol. The average Bonchev–Trinajstić information content (AvgIpc) is 3.34. The van der Waals surface area contributed by atoms with Crippen LogP contribution in [0.25, 0.3) is 22.4 Å². The molecule has 1 amide bonds. The molecule has 4 rings (SSSR count). The van der Waals surface area contributed by atoms with Crippen LogP contribution in [0.15, 0.2) is 21.1 Å². The molecule has 2 N–H and O–H groups in total. The highest BCUT2D eigenvalue weighted by atomic mass is 16.5. The number of carbonyl (C=O) groups is 2. The van der Waals surface area contributed by atoms with Gasteiger partial charge >= 0.3 is 5.97 Å². The number of hydrogen-bond donors (Lipinski definition) is 2. The number of nitrogens with one attached hydrogen (secondary N) is 1. The highest BCUT2D eigenvalue weighted by Gasteiger charge is 2.44. The van der Waals surface area contributed by atoms with Crippen molar-refractivity contribution in [3.63, 3.8) is 0 Å². The summed E-state index contributed by atoms with van der Waals surface area (Å²) >= 11 is 0. The quantitative estimate of drug-likeness (QED) is 0.701. The number of furan rings is 1. The van der Waals surface area contributed by atoms with Crippen LogP contribution < -0.4 is 5.32 Å². The molecule has 0 bridgehead atoms. The molecular weight excluding hydrogens is 366 g/mol. The smallest absolute Gasteiger partial charge is 0.331 e. The van der Waals surface area contributed by atoms with Gasteiger partial charge in [0, 0.05) is 18.6 Å². The summed E-state index contributed by atoms with van der Waals surface area (Å²) < 4.78 is 16.1. The number of carboxylic acid groups (broad SMARTS) is 1. The maximum absolute atomic E-state index is 13.1. The molecule has 1 atom stereocenters. The van der Waals surface area contributed by atoms with Crippen molar-refractivity contribution in [2.24, 2.45) is 0 Å². The van der Waals surface area contributed by atoms with Gasteiger partial charge in [0.25, 0.3) is 11.6 Å². The number of fused-ring (bicyclic) bond motifs is 1. The Morgan fingerprint density at radius 2 is 2.04 bits per heavy atom. The second-order valence-electron chi connectivity index (χ2n) is 6.97. The second-order valence-corrected chi connectivity index (χ2v) is 6.97. The van der Waals surface area contributed by atoms with E-state index in [9.17, 15) is 14.7 Å². The molecule has 0 saturated carbocycles. The molecule has 9 nitrogen and oxygen atoms in total. The first kappa shape index (κ1) is 18.2. The first-order chi connectivity index (χ1) is 13.3. The normalized spacial score (nSPS) is 19.2. The Morgan fingerprint density at radius 3 is 2.64 bits per heavy atom. The summed E-state index contributed by atoms with van der Waals surface area (Å²) in [4.78, 5) is 29.3. The Kier molecular flexibility index (Phi) is 4.19. The lowest BCUT2D eigenvalue weighted by atomic mass is 9.97. The molecule has 3 aromatic rings. The Balaban J connectivity index is 1.83. The van der Waals surface area contributed by atoms with Gasteiger partial charge in [-0.25, -0.2) is 9.78 Å². The Labute approximate surface area is 159 Å². The molecule has 3 aromatic heterocycles. The van der Waals surface area contributed by atoms with Crippen LogP contribution in [0.1, 0.15) is 34.0 Å². The number of carboxylic acids is 1. The molecule has 1 aliphatic rings. The summed E-state index contributed by atoms with van der Waals surface area (Å²) in [6.07, 6.45) is 0.192. The predicted octanol–water partition coefficient (Wildman–Crippen LogP) is 2.38. The van der Waals surface area contributed by atoms with Crippen molar-refractivity contribution in [1.82, 2.24) is 15.5 Å². The number of carbonyl (C=O) groups excluding carboxylic acids is 1. The fraction of sp³-hybridized carbons (Fsp3) is 0.368. The van der Waals surface area contributed by atoms with E-state index >= 15 is 0 Å². The summed E-state index contributed by atoms with van der Waals surface area (Å²) in [5.41, 5.74) is 0.677. The summed E-state index contributed by atoms with van der Waals surface area (Å²) in [7, 11) is 0. The van der Waals surface area contributed by atoms with Crippen molar-refractivity contribution in [3.05, 3.63) is 34.9 Å². The third-order valence-corrected chi connectivity index (χ3v) is 4.96. The second kappa shape index (κ2) is 6.45. The van der Waals surface area contributed by atoms with Gasteiger partial charge in [0.1, 0.15) is 11.5 Å². The molecule has 1 aliphatic heterocycles. The van der Waals surface area contributed by atoms with Crippen LogP contribution >= 0.6 is 0 Å². The molecular formula is C19H19N3O6. The lowest BCUT2D eigenvalue weighted by molar-refractivity contribution is -0.144. The lowest BCUT2D eigenvalue weighted by Crippen LogP contribution is -2.55. The van der Waals surface area contributed by atoms with E-state index in [0.717, 1.165) is 5.56 Å². The molecule has 0 aromatic carbocycles. The number of pyridine rings is 1. The Morgan fingerprint density at radius 1 is 1.25 bits per heavy atom. The summed E-state index contributed by atoms with van der Waals surface area (Å²) in [5, 5.41) is 16.6. The van der Waals surface area contributed by atoms with Crippen LogP contribution in [-0.2, 0) is 9.53 Å². The highest BCUT2D eigenvalue weighted by Crippen LogP contribution is 2.31. The zero-order valence-electron chi connectivity index (χ0n) is 15.7. The summed E-state index contributed by atoms with van der Waals surface area (Å²) in [6, 6.07) is 3.42. The summed E-state index contributed by atoms with van der Waals surface area (Å²) in [5.74, 6) is -0.321. The van der Waals surface area contributed by atoms with E-state index in [1.54, 1.807) is 19.9 Å². The van der Waals surface area contributed by atoms with Crippen LogP contribution in [0.2, 0.25) is 0 Å². The highest BCUT2D eigenvalue weighted by molar-refractivity contribution is 6.08. The van der Waals surface area contributed by atoms with Gasteiger partial charge in [-0.1, -0.05) is 5.16 Å². The van der Waals surface area contributed by atoms with Gasteiger partial charge in [0.2, 0.25) is 0 Å². The maximum Gasteiger partial charge on any atom is 0.331 e. The average molecular weight is 385 g/mol. The first-order valence-electron chi connectivity index (χ1n) is 8.79. The van der Waals surface area contributed by atoms with E-state index in [1.165, 1.54) is 0 Å². The number of aromatic nitrogens is 2. The predicted molar refractivity (Wildman–Crippen MR) is 97.0 cm³/mol. The van der Waals surface area contributed by atoms with E-state index < -0.39 is 17.4 Å². The molecule has 1 saturated heterocycles. The molecule has 0 radical (unpaired) electrons. The lowest BCUT2D eigenvalue weighted by Gasteiger charge is -2.23. The fourth-order valence-corrected chi connectivity index (χ4v) is 3.47. The van der Waals surface area contributed by atoms with E-state index in [-0.39, 0.29) is 30.9 Å². The van der Waals surface area contributed by atoms with Gasteiger partial charge in [0.15, 0.2) is 5.54 Å². The molecule has 146 valence electrons. The topological polar surface area (TPSA) is 128 Å². The van der Waals surface area contributed by atoms with Crippen LogP contribution in [0, 0.1) is 20.8 Å². The zero-order chi connectivity index (χ0) is 20.1. The van der Waals surface area contributed by atoms with Gasteiger partial charge < -0.3 is 24.1 Å². The van der Waals surface area contributed by atoms with Crippen molar-refractivity contribution >= 4 is 23.0 Å². The Bertz CT molecular complexity index is 1090. The zero-order valence-corrected chi connectivity index (χ0v) is 15.7. The molecule has 1 fully saturated rings. The number of hydrogen-bond acceptors (Lipinski definition) is 7. The number of rotatable bonds is 4. The van der Waals surface area contributed by atoms with E-state index in [0.29, 0.717) is 28.3 Å². The van der Waals surface area contributed by atoms with Crippen molar-refractivity contribution < 1.29 is 28.4 Å².